The number of rotatable bonds is 4. The summed E-state index contributed by atoms with van der Waals surface area (Å²) >= 11 is 2.00. The number of hydrogen-bond acceptors (Lipinski definition) is 2. The van der Waals surface area contributed by atoms with E-state index in [-0.39, 0.29) is 0 Å². The minimum absolute atomic E-state index is 0.484. The van der Waals surface area contributed by atoms with Gasteiger partial charge < -0.3 is 11.1 Å². The van der Waals surface area contributed by atoms with Gasteiger partial charge in [-0.1, -0.05) is 38.1 Å². The average molecular weight is 277 g/mol. The molecule has 1 aromatic rings. The Morgan fingerprint density at radius 1 is 1.47 bits per heavy atom. The first kappa shape index (κ1) is 14.3. The summed E-state index contributed by atoms with van der Waals surface area (Å²) in [5.74, 6) is 2.30. The summed E-state index contributed by atoms with van der Waals surface area (Å²) in [5.41, 5.74) is 8.81. The SMILES string of the molecule is CC(C)CN=C(N)NCC1SCCc2ccccc21. The molecule has 0 bridgehead atoms. The van der Waals surface area contributed by atoms with Gasteiger partial charge in [0.15, 0.2) is 5.96 Å². The van der Waals surface area contributed by atoms with Crippen molar-refractivity contribution >= 4 is 17.7 Å². The number of fused-ring (bicyclic) bond motifs is 1. The molecule has 0 radical (unpaired) electrons. The Hall–Kier alpha value is -1.16. The zero-order valence-corrected chi connectivity index (χ0v) is 12.5. The molecule has 4 heteroatoms. The van der Waals surface area contributed by atoms with Gasteiger partial charge in [0, 0.05) is 18.3 Å². The maximum absolute atomic E-state index is 5.89. The van der Waals surface area contributed by atoms with E-state index in [4.69, 9.17) is 5.73 Å². The average Bonchev–Trinajstić information content (AvgIpc) is 2.42. The van der Waals surface area contributed by atoms with E-state index in [2.05, 4.69) is 48.4 Å². The molecular weight excluding hydrogens is 254 g/mol. The normalized spacial score (nSPS) is 19.3. The Balaban J connectivity index is 1.92. The molecule has 0 amide bonds. The minimum Gasteiger partial charge on any atom is -0.370 e. The lowest BCUT2D eigenvalue weighted by atomic mass is 10.0. The molecule has 1 aliphatic rings. The van der Waals surface area contributed by atoms with Gasteiger partial charge in [-0.25, -0.2) is 0 Å². The van der Waals surface area contributed by atoms with Gasteiger partial charge in [-0.3, -0.25) is 4.99 Å². The van der Waals surface area contributed by atoms with Gasteiger partial charge >= 0.3 is 0 Å². The summed E-state index contributed by atoms with van der Waals surface area (Å²) in [6.07, 6.45) is 1.17. The van der Waals surface area contributed by atoms with Crippen molar-refractivity contribution < 1.29 is 0 Å². The van der Waals surface area contributed by atoms with Crippen LogP contribution in [0.3, 0.4) is 0 Å². The summed E-state index contributed by atoms with van der Waals surface area (Å²) in [4.78, 5) is 4.34. The molecule has 0 spiro atoms. The topological polar surface area (TPSA) is 50.4 Å². The molecule has 1 atom stereocenters. The number of thioether (sulfide) groups is 1. The lowest BCUT2D eigenvalue weighted by Crippen LogP contribution is -2.35. The monoisotopic (exact) mass is 277 g/mol. The van der Waals surface area contributed by atoms with Gasteiger partial charge in [-0.2, -0.15) is 11.8 Å². The van der Waals surface area contributed by atoms with Crippen molar-refractivity contribution in [2.75, 3.05) is 18.8 Å². The highest BCUT2D eigenvalue weighted by Crippen LogP contribution is 2.35. The zero-order valence-electron chi connectivity index (χ0n) is 11.7. The molecule has 0 aliphatic carbocycles. The van der Waals surface area contributed by atoms with E-state index in [9.17, 15) is 0 Å². The van der Waals surface area contributed by atoms with Crippen molar-refractivity contribution in [1.82, 2.24) is 5.32 Å². The van der Waals surface area contributed by atoms with Crippen LogP contribution in [0.1, 0.15) is 30.2 Å². The molecule has 1 aliphatic heterocycles. The standard InChI is InChI=1S/C15H23N3S/c1-11(2)9-17-15(16)18-10-14-13-6-4-3-5-12(13)7-8-19-14/h3-6,11,14H,7-10H2,1-2H3,(H3,16,17,18). The summed E-state index contributed by atoms with van der Waals surface area (Å²) < 4.78 is 0. The van der Waals surface area contributed by atoms with Gasteiger partial charge in [0.1, 0.15) is 0 Å². The van der Waals surface area contributed by atoms with Crippen LogP contribution < -0.4 is 11.1 Å². The first-order chi connectivity index (χ1) is 9.16. The predicted octanol–water partition coefficient (Wildman–Crippen LogP) is 2.58. The maximum Gasteiger partial charge on any atom is 0.188 e. The van der Waals surface area contributed by atoms with Crippen LogP contribution in [0, 0.1) is 5.92 Å². The Labute approximate surface area is 120 Å². The summed E-state index contributed by atoms with van der Waals surface area (Å²) in [6, 6.07) is 8.71. The van der Waals surface area contributed by atoms with Gasteiger partial charge in [0.25, 0.3) is 0 Å². The fourth-order valence-corrected chi connectivity index (χ4v) is 3.41. The maximum atomic E-state index is 5.89. The highest BCUT2D eigenvalue weighted by Gasteiger charge is 2.19. The lowest BCUT2D eigenvalue weighted by molar-refractivity contribution is 0.660. The number of nitrogens with zero attached hydrogens (tertiary/aromatic N) is 1. The van der Waals surface area contributed by atoms with Crippen LogP contribution in [-0.4, -0.2) is 24.8 Å². The van der Waals surface area contributed by atoms with Crippen LogP contribution in [0.25, 0.3) is 0 Å². The second-order valence-electron chi connectivity index (χ2n) is 5.31. The highest BCUT2D eigenvalue weighted by molar-refractivity contribution is 7.99. The van der Waals surface area contributed by atoms with Crippen molar-refractivity contribution in [3.05, 3.63) is 35.4 Å². The second kappa shape index (κ2) is 6.85. The van der Waals surface area contributed by atoms with Crippen LogP contribution in [0.4, 0.5) is 0 Å². The first-order valence-corrected chi connectivity index (χ1v) is 7.95. The molecule has 1 heterocycles. The van der Waals surface area contributed by atoms with E-state index in [1.165, 1.54) is 23.3 Å². The Kier molecular flexibility index (Phi) is 5.14. The largest absolute Gasteiger partial charge is 0.370 e. The van der Waals surface area contributed by atoms with Gasteiger partial charge in [-0.15, -0.1) is 0 Å². The van der Waals surface area contributed by atoms with Crippen LogP contribution in [-0.2, 0) is 6.42 Å². The van der Waals surface area contributed by atoms with Gasteiger partial charge in [0.05, 0.1) is 0 Å². The van der Waals surface area contributed by atoms with E-state index in [1.54, 1.807) is 0 Å². The Morgan fingerprint density at radius 3 is 3.05 bits per heavy atom. The number of nitrogens with two attached hydrogens (primary N) is 1. The van der Waals surface area contributed by atoms with Crippen molar-refractivity contribution in [3.8, 4) is 0 Å². The summed E-state index contributed by atoms with van der Waals surface area (Å²) in [6.45, 7) is 5.93. The first-order valence-electron chi connectivity index (χ1n) is 6.90. The molecule has 0 fully saturated rings. The molecule has 104 valence electrons. The predicted molar refractivity (Wildman–Crippen MR) is 84.7 cm³/mol. The number of hydrogen-bond donors (Lipinski definition) is 2. The quantitative estimate of drug-likeness (QED) is 0.657. The third kappa shape index (κ3) is 4.16. The lowest BCUT2D eigenvalue weighted by Gasteiger charge is -2.25. The Bertz CT molecular complexity index is 443. The van der Waals surface area contributed by atoms with E-state index in [1.807, 2.05) is 11.8 Å². The second-order valence-corrected chi connectivity index (χ2v) is 6.62. The molecule has 0 saturated heterocycles. The molecule has 3 nitrogen and oxygen atoms in total. The fraction of sp³-hybridized carbons (Fsp3) is 0.533. The molecular formula is C15H23N3S. The van der Waals surface area contributed by atoms with E-state index in [0.29, 0.717) is 17.1 Å². The molecule has 1 unspecified atom stereocenters. The van der Waals surface area contributed by atoms with Crippen molar-refractivity contribution in [2.24, 2.45) is 16.6 Å². The van der Waals surface area contributed by atoms with Crippen molar-refractivity contribution in [3.63, 3.8) is 0 Å². The highest BCUT2D eigenvalue weighted by atomic mass is 32.2. The number of aliphatic imine (C=N–C) groups is 1. The fourth-order valence-electron chi connectivity index (χ4n) is 2.18. The van der Waals surface area contributed by atoms with Crippen molar-refractivity contribution in [2.45, 2.75) is 25.5 Å². The third-order valence-electron chi connectivity index (χ3n) is 3.19. The van der Waals surface area contributed by atoms with E-state index >= 15 is 0 Å². The molecule has 0 aromatic heterocycles. The number of aryl methyl sites for hydroxylation is 1. The Morgan fingerprint density at radius 2 is 2.26 bits per heavy atom. The van der Waals surface area contributed by atoms with Crippen LogP contribution in [0.15, 0.2) is 29.3 Å². The van der Waals surface area contributed by atoms with Crippen LogP contribution in [0.5, 0.6) is 0 Å². The molecule has 19 heavy (non-hydrogen) atoms. The minimum atomic E-state index is 0.484. The van der Waals surface area contributed by atoms with Crippen LogP contribution in [0.2, 0.25) is 0 Å². The summed E-state index contributed by atoms with van der Waals surface area (Å²) in [7, 11) is 0. The smallest absolute Gasteiger partial charge is 0.188 e. The molecule has 3 N–H and O–H groups in total. The zero-order chi connectivity index (χ0) is 13.7. The number of guanidine groups is 1. The van der Waals surface area contributed by atoms with Gasteiger partial charge in [0.2, 0.25) is 0 Å². The van der Waals surface area contributed by atoms with Crippen LogP contribution >= 0.6 is 11.8 Å². The molecule has 1 aromatic carbocycles. The summed E-state index contributed by atoms with van der Waals surface area (Å²) in [5, 5.41) is 3.74. The third-order valence-corrected chi connectivity index (χ3v) is 4.45. The molecule has 2 rings (SSSR count). The van der Waals surface area contributed by atoms with E-state index < -0.39 is 0 Å². The van der Waals surface area contributed by atoms with E-state index in [0.717, 1.165) is 13.1 Å². The number of nitrogens with one attached hydrogen (secondary N) is 1. The molecule has 0 saturated carbocycles. The van der Waals surface area contributed by atoms with Crippen molar-refractivity contribution in [1.29, 1.82) is 0 Å². The number of benzene rings is 1. The van der Waals surface area contributed by atoms with Gasteiger partial charge in [-0.05, 0) is 29.2 Å².